The fraction of sp³-hybridized carbons (Fsp3) is 0.478. The number of aliphatic hydroxyl groups is 1. The molecule has 0 radical (unpaired) electrons. The van der Waals surface area contributed by atoms with Crippen molar-refractivity contribution in [2.45, 2.75) is 44.0 Å². The first-order valence-electron chi connectivity index (χ1n) is 11.9. The first-order chi connectivity index (χ1) is 18.4. The number of nitrogens with two attached hydrogens (primary N) is 1. The predicted octanol–water partition coefficient (Wildman–Crippen LogP) is 1.93. The Hall–Kier alpha value is -2.94. The molecule has 39 heavy (non-hydrogen) atoms. The number of esters is 1. The smallest absolute Gasteiger partial charge is 0.323 e. The minimum atomic E-state index is -3.42. The van der Waals surface area contributed by atoms with Gasteiger partial charge in [0.15, 0.2) is 28.9 Å². The molecule has 1 aromatic carbocycles. The van der Waals surface area contributed by atoms with Gasteiger partial charge in [-0.1, -0.05) is 18.2 Å². The average molecular weight is 584 g/mol. The number of benzene rings is 1. The Kier molecular flexibility index (Phi) is 8.40. The van der Waals surface area contributed by atoms with Crippen LogP contribution in [0.4, 0.5) is 16.2 Å². The van der Waals surface area contributed by atoms with Gasteiger partial charge in [-0.2, -0.15) is 9.97 Å². The number of carbonyl (C=O) groups excluding carboxylic acids is 1. The molecule has 1 fully saturated rings. The van der Waals surface area contributed by atoms with Gasteiger partial charge in [-0.05, 0) is 37.8 Å². The molecule has 1 unspecified atom stereocenters. The summed E-state index contributed by atoms with van der Waals surface area (Å²) in [6, 6.07) is 7.76. The van der Waals surface area contributed by atoms with Crippen molar-refractivity contribution in [3.63, 3.8) is 0 Å². The molecule has 2 aromatic heterocycles. The van der Waals surface area contributed by atoms with Crippen molar-refractivity contribution in [3.8, 4) is 5.75 Å². The Balaban J connectivity index is 1.59. The van der Waals surface area contributed by atoms with Crippen molar-refractivity contribution < 1.29 is 32.8 Å². The Morgan fingerprint density at radius 1 is 1.38 bits per heavy atom. The van der Waals surface area contributed by atoms with Gasteiger partial charge in [0.1, 0.15) is 24.0 Å². The molecule has 3 aromatic rings. The van der Waals surface area contributed by atoms with E-state index in [9.17, 15) is 9.90 Å². The number of nitrogens with one attached hydrogen (secondary N) is 1. The Morgan fingerprint density at radius 2 is 2.08 bits per heavy atom. The van der Waals surface area contributed by atoms with Crippen LogP contribution < -0.4 is 20.2 Å². The first kappa shape index (κ1) is 29.1. The zero-order valence-corrected chi connectivity index (χ0v) is 23.7. The van der Waals surface area contributed by atoms with Crippen LogP contribution in [0.2, 0.25) is 0 Å². The number of fused-ring (bicyclic) bond motifs is 1. The van der Waals surface area contributed by atoms with Gasteiger partial charge >= 0.3 is 12.6 Å². The molecule has 0 amide bonds. The van der Waals surface area contributed by atoms with Gasteiger partial charge in [-0.3, -0.25) is 9.36 Å². The number of hydrogen-bond donors (Lipinski definition) is 3. The van der Waals surface area contributed by atoms with E-state index in [4.69, 9.17) is 36.1 Å². The maximum absolute atomic E-state index is 16.0. The molecule has 1 aliphatic heterocycles. The molecular weight excluding hydrogens is 552 g/mol. The lowest BCUT2D eigenvalue weighted by atomic mass is 9.98. The molecule has 1 aliphatic rings. The topological polar surface area (TPSA) is 159 Å². The van der Waals surface area contributed by atoms with Gasteiger partial charge in [0.05, 0.1) is 20.0 Å². The molecule has 4 rings (SSSR count). The highest BCUT2D eigenvalue weighted by Gasteiger charge is 2.56. The number of nitrogen functional groups attached to an aromatic ring is 1. The molecule has 0 aliphatic carbocycles. The van der Waals surface area contributed by atoms with Crippen LogP contribution in [0.25, 0.3) is 11.2 Å². The van der Waals surface area contributed by atoms with E-state index in [-0.39, 0.29) is 18.2 Å². The molecule has 212 valence electrons. The number of methoxy groups -OCH3 is 1. The lowest BCUT2D eigenvalue weighted by Gasteiger charge is -2.27. The van der Waals surface area contributed by atoms with Gasteiger partial charge in [0, 0.05) is 14.1 Å². The van der Waals surface area contributed by atoms with Crippen LogP contribution in [-0.2, 0) is 30.6 Å². The van der Waals surface area contributed by atoms with E-state index in [1.807, 2.05) is 0 Å². The number of halogens is 1. The quantitative estimate of drug-likeness (QED) is 0.235. The fourth-order valence-electron chi connectivity index (χ4n) is 4.10. The third-order valence-electron chi connectivity index (χ3n) is 6.10. The second-order valence-corrected chi connectivity index (χ2v) is 12.5. The summed E-state index contributed by atoms with van der Waals surface area (Å²) in [7, 11) is 4.77. The summed E-state index contributed by atoms with van der Waals surface area (Å²) >= 11 is 5.65. The molecule has 16 heteroatoms. The standard InChI is InChI=1S/C23H31FN7O6PS/c1-13(20(33)34-5)29-38(39,37-14-9-7-6-8-10-14)35-11-15-17(32)23(2,24)21(36-15)31-12-26-16-18(30(3)4)27-22(25)28-19(16)31/h6-10,12-13,15,17,21,32H,11H2,1-5H3,(H,29,39)(H2,25,27,28)/t13-,15-,17-,21-,23-,38?/m1/s1. The fourth-order valence-corrected chi connectivity index (χ4v) is 6.52. The second kappa shape index (κ2) is 11.3. The second-order valence-electron chi connectivity index (χ2n) is 9.32. The van der Waals surface area contributed by atoms with Crippen LogP contribution >= 0.6 is 6.64 Å². The summed E-state index contributed by atoms with van der Waals surface area (Å²) in [4.78, 5) is 26.5. The van der Waals surface area contributed by atoms with E-state index in [2.05, 4.69) is 20.0 Å². The number of imidazole rings is 1. The highest BCUT2D eigenvalue weighted by molar-refractivity contribution is 8.09. The molecule has 1 saturated heterocycles. The molecule has 0 bridgehead atoms. The van der Waals surface area contributed by atoms with Crippen molar-refractivity contribution in [3.05, 3.63) is 36.7 Å². The number of carbonyl (C=O) groups is 1. The largest absolute Gasteiger partial charge is 0.468 e. The van der Waals surface area contributed by atoms with E-state index in [1.165, 1.54) is 24.9 Å². The van der Waals surface area contributed by atoms with E-state index in [0.29, 0.717) is 17.1 Å². The number of para-hydroxylation sites is 1. The van der Waals surface area contributed by atoms with Crippen LogP contribution in [0.5, 0.6) is 5.75 Å². The SMILES string of the molecule is COC(=O)[C@@H](C)NP(=S)(OC[C@H]1O[C@@H](n2cnc3c(N(C)C)nc(N)nc32)[C@](C)(F)[C@@H]1O)Oc1ccccc1. The average Bonchev–Trinajstić information content (AvgIpc) is 3.39. The summed E-state index contributed by atoms with van der Waals surface area (Å²) in [5.74, 6) is 0.227. The minimum absolute atomic E-state index is 0.0310. The first-order valence-corrected chi connectivity index (χ1v) is 14.5. The number of anilines is 2. The highest BCUT2D eigenvalue weighted by Crippen LogP contribution is 2.48. The minimum Gasteiger partial charge on any atom is -0.468 e. The highest BCUT2D eigenvalue weighted by atomic mass is 32.5. The summed E-state index contributed by atoms with van der Waals surface area (Å²) in [6.45, 7) is -1.02. The van der Waals surface area contributed by atoms with Crippen LogP contribution in [0, 0.1) is 0 Å². The van der Waals surface area contributed by atoms with E-state index in [1.54, 1.807) is 56.3 Å². The Bertz CT molecular complexity index is 1380. The number of hydrogen-bond acceptors (Lipinski definition) is 12. The van der Waals surface area contributed by atoms with Crippen molar-refractivity contribution >= 4 is 47.3 Å². The van der Waals surface area contributed by atoms with Crippen LogP contribution in [0.15, 0.2) is 36.7 Å². The Morgan fingerprint density at radius 3 is 2.72 bits per heavy atom. The van der Waals surface area contributed by atoms with Crippen LogP contribution in [-0.4, -0.2) is 82.3 Å². The van der Waals surface area contributed by atoms with Gasteiger partial charge in [0.25, 0.3) is 0 Å². The molecule has 6 atom stereocenters. The molecule has 13 nitrogen and oxygen atoms in total. The van der Waals surface area contributed by atoms with Crippen molar-refractivity contribution in [1.82, 2.24) is 24.6 Å². The lowest BCUT2D eigenvalue weighted by Crippen LogP contribution is -2.41. The Labute approximate surface area is 229 Å². The maximum Gasteiger partial charge on any atom is 0.323 e. The number of rotatable bonds is 10. The molecule has 3 heterocycles. The molecule has 0 saturated carbocycles. The molecule has 0 spiro atoms. The predicted molar refractivity (Wildman–Crippen MR) is 145 cm³/mol. The number of aromatic nitrogens is 4. The molecule has 4 N–H and O–H groups in total. The summed E-state index contributed by atoms with van der Waals surface area (Å²) in [6.07, 6.45) is -2.75. The summed E-state index contributed by atoms with van der Waals surface area (Å²) in [5, 5.41) is 13.8. The van der Waals surface area contributed by atoms with Crippen LogP contribution in [0.1, 0.15) is 20.1 Å². The van der Waals surface area contributed by atoms with E-state index < -0.39 is 42.8 Å². The van der Waals surface area contributed by atoms with Gasteiger partial charge in [-0.25, -0.2) is 14.5 Å². The third-order valence-corrected chi connectivity index (χ3v) is 8.60. The summed E-state index contributed by atoms with van der Waals surface area (Å²) < 4.78 is 39.9. The monoisotopic (exact) mass is 583 g/mol. The van der Waals surface area contributed by atoms with E-state index in [0.717, 1.165) is 0 Å². The van der Waals surface area contributed by atoms with Crippen molar-refractivity contribution in [2.24, 2.45) is 0 Å². The summed E-state index contributed by atoms with van der Waals surface area (Å²) in [5.41, 5.74) is 4.22. The number of alkyl halides is 1. The lowest BCUT2D eigenvalue weighted by molar-refractivity contribution is -0.142. The van der Waals surface area contributed by atoms with Crippen molar-refractivity contribution in [2.75, 3.05) is 38.4 Å². The van der Waals surface area contributed by atoms with Gasteiger partial charge in [-0.15, -0.1) is 0 Å². The molecular formula is C23H31FN7O6PS. The van der Waals surface area contributed by atoms with E-state index >= 15 is 4.39 Å². The zero-order valence-electron chi connectivity index (χ0n) is 22.0. The maximum atomic E-state index is 16.0. The van der Waals surface area contributed by atoms with Gasteiger partial charge in [0.2, 0.25) is 5.95 Å². The number of aliphatic hydroxyl groups excluding tert-OH is 1. The van der Waals surface area contributed by atoms with Crippen LogP contribution in [0.3, 0.4) is 0 Å². The normalized spacial score (nSPS) is 25.3. The van der Waals surface area contributed by atoms with Crippen molar-refractivity contribution in [1.29, 1.82) is 0 Å². The number of ether oxygens (including phenoxy) is 2. The third kappa shape index (κ3) is 5.98. The van der Waals surface area contributed by atoms with Gasteiger partial charge < -0.3 is 34.3 Å². The zero-order chi connectivity index (χ0) is 28.5. The number of nitrogens with zero attached hydrogens (tertiary/aromatic N) is 5.